The van der Waals surface area contributed by atoms with E-state index in [0.717, 1.165) is 24.2 Å². The summed E-state index contributed by atoms with van der Waals surface area (Å²) in [5.41, 5.74) is 0. The number of halogens is 2. The lowest BCUT2D eigenvalue weighted by molar-refractivity contribution is -0.143. The summed E-state index contributed by atoms with van der Waals surface area (Å²) in [6.07, 6.45) is 0.766. The Bertz CT molecular complexity index is 177. The van der Waals surface area contributed by atoms with Gasteiger partial charge in [-0.3, -0.25) is 4.79 Å². The molecule has 0 aromatic heterocycles. The largest absolute Gasteiger partial charge is 0.395 e. The van der Waals surface area contributed by atoms with Crippen molar-refractivity contribution in [2.24, 2.45) is 0 Å². The monoisotopic (exact) mass is 223 g/mol. The molecule has 0 aliphatic heterocycles. The van der Waals surface area contributed by atoms with Gasteiger partial charge in [0.2, 0.25) is 0 Å². The van der Waals surface area contributed by atoms with Gasteiger partial charge in [-0.05, 0) is 6.42 Å². The second-order valence-electron chi connectivity index (χ2n) is 3.41. The number of amides is 1. The van der Waals surface area contributed by atoms with Crippen LogP contribution in [-0.4, -0.2) is 42.0 Å². The zero-order chi connectivity index (χ0) is 11.7. The Morgan fingerprint density at radius 2 is 1.93 bits per heavy atom. The van der Waals surface area contributed by atoms with Crippen LogP contribution in [0.25, 0.3) is 0 Å². The molecule has 0 aromatic carbocycles. The Hall–Kier alpha value is -0.710. The fraction of sp³-hybridized carbons (Fsp3) is 0.900. The molecule has 0 heterocycles. The highest BCUT2D eigenvalue weighted by Crippen LogP contribution is 2.05. The number of aliphatic hydroxyl groups excluding tert-OH is 1. The molecule has 0 atom stereocenters. The minimum atomic E-state index is -2.97. The van der Waals surface area contributed by atoms with Crippen molar-refractivity contribution in [2.45, 2.75) is 39.0 Å². The third kappa shape index (κ3) is 6.38. The van der Waals surface area contributed by atoms with Gasteiger partial charge in [0, 0.05) is 13.1 Å². The lowest BCUT2D eigenvalue weighted by Gasteiger charge is -2.21. The highest BCUT2D eigenvalue weighted by molar-refractivity contribution is 5.79. The first kappa shape index (κ1) is 14.3. The highest BCUT2D eigenvalue weighted by Gasteiger charge is 2.22. The predicted molar refractivity (Wildman–Crippen MR) is 53.8 cm³/mol. The van der Waals surface area contributed by atoms with Gasteiger partial charge in [-0.15, -0.1) is 0 Å². The predicted octanol–water partition coefficient (Wildman–Crippen LogP) is 1.65. The zero-order valence-electron chi connectivity index (χ0n) is 9.09. The lowest BCUT2D eigenvalue weighted by Crippen LogP contribution is -2.38. The summed E-state index contributed by atoms with van der Waals surface area (Å²) >= 11 is 0. The van der Waals surface area contributed by atoms with E-state index in [9.17, 15) is 13.6 Å². The molecule has 15 heavy (non-hydrogen) atoms. The van der Waals surface area contributed by atoms with Gasteiger partial charge in [0.1, 0.15) is 0 Å². The van der Waals surface area contributed by atoms with E-state index < -0.39 is 12.3 Å². The van der Waals surface area contributed by atoms with E-state index in [-0.39, 0.29) is 13.2 Å². The van der Waals surface area contributed by atoms with Gasteiger partial charge < -0.3 is 10.0 Å². The lowest BCUT2D eigenvalue weighted by atomic mass is 10.2. The summed E-state index contributed by atoms with van der Waals surface area (Å²) in [6.45, 7) is 2.08. The van der Waals surface area contributed by atoms with E-state index in [2.05, 4.69) is 6.92 Å². The smallest absolute Gasteiger partial charge is 0.315 e. The van der Waals surface area contributed by atoms with Crippen LogP contribution in [0.4, 0.5) is 8.78 Å². The van der Waals surface area contributed by atoms with Crippen LogP contribution in [0.15, 0.2) is 0 Å². The van der Waals surface area contributed by atoms with Crippen molar-refractivity contribution in [3.05, 3.63) is 0 Å². The van der Waals surface area contributed by atoms with Gasteiger partial charge in [-0.25, -0.2) is 0 Å². The number of carbonyl (C=O) groups excluding carboxylic acids is 1. The number of hydrogen-bond donors (Lipinski definition) is 1. The van der Waals surface area contributed by atoms with Crippen molar-refractivity contribution >= 4 is 5.91 Å². The van der Waals surface area contributed by atoms with Gasteiger partial charge in [0.25, 0.3) is 5.91 Å². The van der Waals surface area contributed by atoms with Crippen LogP contribution in [0.2, 0.25) is 0 Å². The first-order valence-corrected chi connectivity index (χ1v) is 5.31. The first-order valence-electron chi connectivity index (χ1n) is 5.31. The van der Waals surface area contributed by atoms with Gasteiger partial charge in [0.15, 0.2) is 0 Å². The molecule has 1 amide bonds. The van der Waals surface area contributed by atoms with Crippen LogP contribution < -0.4 is 0 Å². The van der Waals surface area contributed by atoms with Gasteiger partial charge in [-0.1, -0.05) is 26.2 Å². The molecule has 0 saturated heterocycles. The first-order chi connectivity index (χ1) is 7.13. The molecule has 0 aliphatic rings. The summed E-state index contributed by atoms with van der Waals surface area (Å²) in [7, 11) is 0. The quantitative estimate of drug-likeness (QED) is 0.636. The van der Waals surface area contributed by atoms with E-state index in [4.69, 9.17) is 5.11 Å². The molecule has 0 fully saturated rings. The molecular formula is C10H19F2NO2. The van der Waals surface area contributed by atoms with Crippen LogP contribution in [0.1, 0.15) is 32.6 Å². The Morgan fingerprint density at radius 1 is 1.27 bits per heavy atom. The third-order valence-electron chi connectivity index (χ3n) is 2.15. The van der Waals surface area contributed by atoms with E-state index in [0.29, 0.717) is 13.0 Å². The van der Waals surface area contributed by atoms with Crippen molar-refractivity contribution in [1.82, 2.24) is 4.90 Å². The number of hydrogen-bond acceptors (Lipinski definition) is 2. The molecular weight excluding hydrogens is 204 g/mol. The van der Waals surface area contributed by atoms with Crippen molar-refractivity contribution in [3.63, 3.8) is 0 Å². The maximum absolute atomic E-state index is 12.1. The second kappa shape index (κ2) is 8.59. The Kier molecular flexibility index (Phi) is 8.18. The maximum atomic E-state index is 12.1. The minimum absolute atomic E-state index is 0.00466. The molecule has 0 rings (SSSR count). The average Bonchev–Trinajstić information content (AvgIpc) is 2.21. The topological polar surface area (TPSA) is 40.5 Å². The number of alkyl halides is 2. The summed E-state index contributed by atoms with van der Waals surface area (Å²) in [5, 5.41) is 8.63. The van der Waals surface area contributed by atoms with Crippen molar-refractivity contribution in [1.29, 1.82) is 0 Å². The molecule has 0 aliphatic carbocycles. The Morgan fingerprint density at radius 3 is 2.40 bits per heavy atom. The fourth-order valence-electron chi connectivity index (χ4n) is 1.32. The number of carbonyl (C=O) groups is 1. The molecule has 0 radical (unpaired) electrons. The highest BCUT2D eigenvalue weighted by atomic mass is 19.3. The van der Waals surface area contributed by atoms with Crippen LogP contribution in [0.5, 0.6) is 0 Å². The van der Waals surface area contributed by atoms with Crippen molar-refractivity contribution in [2.75, 3.05) is 19.7 Å². The summed E-state index contributed by atoms with van der Waals surface area (Å²) in [5.74, 6) is -1.18. The molecule has 5 heteroatoms. The van der Waals surface area contributed by atoms with Crippen LogP contribution >= 0.6 is 0 Å². The standard InChI is InChI=1S/C10H19F2NO2/c1-2-3-4-5-6-13(7-8-14)10(15)9(11)12/h9,14H,2-8H2,1H3. The van der Waals surface area contributed by atoms with Crippen molar-refractivity contribution in [3.8, 4) is 0 Å². The number of unbranched alkanes of at least 4 members (excludes halogenated alkanes) is 3. The van der Waals surface area contributed by atoms with Crippen LogP contribution in [0.3, 0.4) is 0 Å². The van der Waals surface area contributed by atoms with E-state index in [1.807, 2.05) is 0 Å². The normalized spacial score (nSPS) is 10.7. The van der Waals surface area contributed by atoms with Gasteiger partial charge in [0.05, 0.1) is 6.61 Å². The fourth-order valence-corrected chi connectivity index (χ4v) is 1.32. The minimum Gasteiger partial charge on any atom is -0.395 e. The zero-order valence-corrected chi connectivity index (χ0v) is 9.09. The third-order valence-corrected chi connectivity index (χ3v) is 2.15. The second-order valence-corrected chi connectivity index (χ2v) is 3.41. The molecule has 0 aromatic rings. The summed E-state index contributed by atoms with van der Waals surface area (Å²) in [4.78, 5) is 12.0. The summed E-state index contributed by atoms with van der Waals surface area (Å²) in [6, 6.07) is 0. The summed E-state index contributed by atoms with van der Waals surface area (Å²) < 4.78 is 24.2. The molecule has 3 nitrogen and oxygen atoms in total. The number of aliphatic hydroxyl groups is 1. The van der Waals surface area contributed by atoms with E-state index in [1.54, 1.807) is 0 Å². The molecule has 0 bridgehead atoms. The van der Waals surface area contributed by atoms with E-state index >= 15 is 0 Å². The molecule has 0 unspecified atom stereocenters. The molecule has 1 N–H and O–H groups in total. The molecule has 0 spiro atoms. The average molecular weight is 223 g/mol. The Labute approximate surface area is 89.1 Å². The van der Waals surface area contributed by atoms with E-state index in [1.165, 1.54) is 0 Å². The maximum Gasteiger partial charge on any atom is 0.315 e. The Balaban J connectivity index is 3.87. The number of rotatable bonds is 8. The van der Waals surface area contributed by atoms with Gasteiger partial charge >= 0.3 is 6.43 Å². The number of nitrogens with zero attached hydrogens (tertiary/aromatic N) is 1. The van der Waals surface area contributed by atoms with Crippen molar-refractivity contribution < 1.29 is 18.7 Å². The molecule has 90 valence electrons. The van der Waals surface area contributed by atoms with Crippen LogP contribution in [0, 0.1) is 0 Å². The molecule has 0 saturated carbocycles. The van der Waals surface area contributed by atoms with Crippen LogP contribution in [-0.2, 0) is 4.79 Å². The SMILES string of the molecule is CCCCCCN(CCO)C(=O)C(F)F. The van der Waals surface area contributed by atoms with Gasteiger partial charge in [-0.2, -0.15) is 8.78 Å².